The van der Waals surface area contributed by atoms with E-state index in [1.54, 1.807) is 12.1 Å². The molecule has 0 radical (unpaired) electrons. The van der Waals surface area contributed by atoms with E-state index in [1.165, 1.54) is 12.1 Å². The largest absolute Gasteiger partial charge is 0.370 e. The number of hydrogen-bond donors (Lipinski definition) is 1. The minimum Gasteiger partial charge on any atom is -0.370 e. The van der Waals surface area contributed by atoms with E-state index in [9.17, 15) is 4.39 Å². The second-order valence-electron chi connectivity index (χ2n) is 4.58. The number of benzene rings is 1. The molecule has 0 unspecified atom stereocenters. The van der Waals surface area contributed by atoms with Crippen molar-refractivity contribution in [2.24, 2.45) is 16.6 Å². The Morgan fingerprint density at radius 3 is 2.47 bits per heavy atom. The standard InChI is InChI=1S/C13H20FN3/c1-10(2)8-16-13(15)17(3)9-11-4-6-12(14)7-5-11/h4-7,10H,8-9H2,1-3H3,(H2,15,16). The molecule has 94 valence electrons. The first kappa shape index (κ1) is 13.5. The van der Waals surface area contributed by atoms with E-state index in [4.69, 9.17) is 5.73 Å². The zero-order valence-electron chi connectivity index (χ0n) is 10.7. The summed E-state index contributed by atoms with van der Waals surface area (Å²) in [4.78, 5) is 6.14. The lowest BCUT2D eigenvalue weighted by Crippen LogP contribution is -2.33. The maximum absolute atomic E-state index is 12.7. The molecule has 0 bridgehead atoms. The topological polar surface area (TPSA) is 41.6 Å². The van der Waals surface area contributed by atoms with Crippen molar-refractivity contribution in [2.75, 3.05) is 13.6 Å². The molecule has 4 heteroatoms. The fourth-order valence-electron chi connectivity index (χ4n) is 1.34. The van der Waals surface area contributed by atoms with Gasteiger partial charge >= 0.3 is 0 Å². The second-order valence-corrected chi connectivity index (χ2v) is 4.58. The van der Waals surface area contributed by atoms with Crippen LogP contribution in [0.2, 0.25) is 0 Å². The van der Waals surface area contributed by atoms with E-state index in [-0.39, 0.29) is 5.82 Å². The highest BCUT2D eigenvalue weighted by molar-refractivity contribution is 5.77. The molecule has 0 saturated carbocycles. The Morgan fingerprint density at radius 1 is 1.35 bits per heavy atom. The van der Waals surface area contributed by atoms with Gasteiger partial charge in [0, 0.05) is 20.1 Å². The molecule has 0 amide bonds. The predicted octanol–water partition coefficient (Wildman–Crippen LogP) is 2.23. The van der Waals surface area contributed by atoms with Crippen LogP contribution < -0.4 is 5.73 Å². The van der Waals surface area contributed by atoms with Crippen LogP contribution in [0.5, 0.6) is 0 Å². The molecule has 0 heterocycles. The first-order valence-electron chi connectivity index (χ1n) is 5.74. The van der Waals surface area contributed by atoms with Crippen LogP contribution in [0.15, 0.2) is 29.3 Å². The van der Waals surface area contributed by atoms with Gasteiger partial charge in [0.25, 0.3) is 0 Å². The normalized spacial score (nSPS) is 11.9. The smallest absolute Gasteiger partial charge is 0.191 e. The van der Waals surface area contributed by atoms with Crippen molar-refractivity contribution in [3.05, 3.63) is 35.6 Å². The van der Waals surface area contributed by atoms with Crippen molar-refractivity contribution >= 4 is 5.96 Å². The molecule has 0 aromatic heterocycles. The third-order valence-corrected chi connectivity index (χ3v) is 2.34. The zero-order valence-corrected chi connectivity index (χ0v) is 10.7. The number of guanidine groups is 1. The van der Waals surface area contributed by atoms with Crippen molar-refractivity contribution in [3.63, 3.8) is 0 Å². The monoisotopic (exact) mass is 237 g/mol. The molecular weight excluding hydrogens is 217 g/mol. The van der Waals surface area contributed by atoms with Gasteiger partial charge in [0.05, 0.1) is 0 Å². The molecule has 0 saturated heterocycles. The molecule has 0 atom stereocenters. The molecule has 0 spiro atoms. The van der Waals surface area contributed by atoms with E-state index in [2.05, 4.69) is 18.8 Å². The SMILES string of the molecule is CC(C)CN=C(N)N(C)Cc1ccc(F)cc1. The van der Waals surface area contributed by atoms with Crippen LogP contribution in [-0.2, 0) is 6.54 Å². The maximum Gasteiger partial charge on any atom is 0.191 e. The van der Waals surface area contributed by atoms with Gasteiger partial charge in [-0.15, -0.1) is 0 Å². The van der Waals surface area contributed by atoms with Gasteiger partial charge in [-0.05, 0) is 23.6 Å². The first-order chi connectivity index (χ1) is 7.99. The minimum absolute atomic E-state index is 0.224. The van der Waals surface area contributed by atoms with Gasteiger partial charge in [-0.1, -0.05) is 26.0 Å². The highest BCUT2D eigenvalue weighted by Crippen LogP contribution is 2.05. The molecule has 1 rings (SSSR count). The number of aliphatic imine (C=N–C) groups is 1. The van der Waals surface area contributed by atoms with E-state index >= 15 is 0 Å². The molecule has 0 aliphatic rings. The minimum atomic E-state index is -0.224. The van der Waals surface area contributed by atoms with Gasteiger partial charge < -0.3 is 10.6 Å². The highest BCUT2D eigenvalue weighted by Gasteiger charge is 2.03. The lowest BCUT2D eigenvalue weighted by molar-refractivity contribution is 0.488. The van der Waals surface area contributed by atoms with Gasteiger partial charge in [0.1, 0.15) is 5.82 Å². The van der Waals surface area contributed by atoms with E-state index in [0.29, 0.717) is 18.4 Å². The van der Waals surface area contributed by atoms with Crippen molar-refractivity contribution in [3.8, 4) is 0 Å². The number of halogens is 1. The van der Waals surface area contributed by atoms with Crippen LogP contribution in [0.4, 0.5) is 4.39 Å². The summed E-state index contributed by atoms with van der Waals surface area (Å²) in [5.41, 5.74) is 6.86. The summed E-state index contributed by atoms with van der Waals surface area (Å²) in [7, 11) is 1.88. The van der Waals surface area contributed by atoms with Crippen LogP contribution in [0.25, 0.3) is 0 Å². The Labute approximate surface area is 102 Å². The third kappa shape index (κ3) is 4.85. The van der Waals surface area contributed by atoms with Crippen molar-refractivity contribution in [1.82, 2.24) is 4.90 Å². The van der Waals surface area contributed by atoms with Gasteiger partial charge in [-0.2, -0.15) is 0 Å². The van der Waals surface area contributed by atoms with E-state index < -0.39 is 0 Å². The van der Waals surface area contributed by atoms with E-state index in [1.807, 2.05) is 11.9 Å². The predicted molar refractivity (Wildman–Crippen MR) is 69.2 cm³/mol. The summed E-state index contributed by atoms with van der Waals surface area (Å²) >= 11 is 0. The number of nitrogens with zero attached hydrogens (tertiary/aromatic N) is 2. The summed E-state index contributed by atoms with van der Waals surface area (Å²) in [5.74, 6) is 0.786. The van der Waals surface area contributed by atoms with Gasteiger partial charge in [0.2, 0.25) is 0 Å². The average molecular weight is 237 g/mol. The first-order valence-corrected chi connectivity index (χ1v) is 5.74. The Balaban J connectivity index is 2.56. The average Bonchev–Trinajstić information content (AvgIpc) is 2.28. The molecule has 0 fully saturated rings. The Morgan fingerprint density at radius 2 is 1.94 bits per heavy atom. The zero-order chi connectivity index (χ0) is 12.8. The fraction of sp³-hybridized carbons (Fsp3) is 0.462. The van der Waals surface area contributed by atoms with Crippen molar-refractivity contribution in [2.45, 2.75) is 20.4 Å². The van der Waals surface area contributed by atoms with Crippen LogP contribution in [0.3, 0.4) is 0 Å². The lowest BCUT2D eigenvalue weighted by atomic mass is 10.2. The third-order valence-electron chi connectivity index (χ3n) is 2.34. The molecule has 17 heavy (non-hydrogen) atoms. The highest BCUT2D eigenvalue weighted by atomic mass is 19.1. The van der Waals surface area contributed by atoms with Gasteiger partial charge in [-0.25, -0.2) is 4.39 Å². The molecule has 0 aliphatic heterocycles. The Hall–Kier alpha value is -1.58. The van der Waals surface area contributed by atoms with Crippen LogP contribution in [0, 0.1) is 11.7 Å². The molecular formula is C13H20FN3. The Bertz CT molecular complexity index is 371. The fourth-order valence-corrected chi connectivity index (χ4v) is 1.34. The lowest BCUT2D eigenvalue weighted by Gasteiger charge is -2.18. The number of nitrogens with two attached hydrogens (primary N) is 1. The van der Waals surface area contributed by atoms with Crippen molar-refractivity contribution < 1.29 is 4.39 Å². The molecule has 1 aromatic carbocycles. The molecule has 2 N–H and O–H groups in total. The summed E-state index contributed by atoms with van der Waals surface area (Å²) in [6.07, 6.45) is 0. The maximum atomic E-state index is 12.7. The summed E-state index contributed by atoms with van der Waals surface area (Å²) in [6, 6.07) is 6.40. The summed E-state index contributed by atoms with van der Waals surface area (Å²) < 4.78 is 12.7. The Kier molecular flexibility index (Phi) is 4.94. The second kappa shape index (κ2) is 6.23. The van der Waals surface area contributed by atoms with Crippen LogP contribution >= 0.6 is 0 Å². The summed E-state index contributed by atoms with van der Waals surface area (Å²) in [5, 5.41) is 0. The van der Waals surface area contributed by atoms with Gasteiger partial charge in [0.15, 0.2) is 5.96 Å². The quantitative estimate of drug-likeness (QED) is 0.644. The van der Waals surface area contributed by atoms with Gasteiger partial charge in [-0.3, -0.25) is 4.99 Å². The molecule has 0 aliphatic carbocycles. The van der Waals surface area contributed by atoms with Crippen LogP contribution in [-0.4, -0.2) is 24.5 Å². The van der Waals surface area contributed by atoms with Crippen molar-refractivity contribution in [1.29, 1.82) is 0 Å². The van der Waals surface area contributed by atoms with E-state index in [0.717, 1.165) is 12.1 Å². The number of hydrogen-bond acceptors (Lipinski definition) is 1. The number of rotatable bonds is 4. The molecule has 1 aromatic rings. The molecule has 3 nitrogen and oxygen atoms in total. The summed E-state index contributed by atoms with van der Waals surface area (Å²) in [6.45, 7) is 5.54. The van der Waals surface area contributed by atoms with Crippen LogP contribution in [0.1, 0.15) is 19.4 Å².